The van der Waals surface area contributed by atoms with Crippen LogP contribution in [0.15, 0.2) is 24.3 Å². The van der Waals surface area contributed by atoms with Crippen LogP contribution in [-0.4, -0.2) is 12.5 Å². The van der Waals surface area contributed by atoms with Gasteiger partial charge in [0.25, 0.3) is 0 Å². The van der Waals surface area contributed by atoms with Gasteiger partial charge in [-0.15, -0.1) is 0 Å². The number of hydrogen-bond acceptors (Lipinski definition) is 1. The van der Waals surface area contributed by atoms with E-state index in [0.29, 0.717) is 30.7 Å². The van der Waals surface area contributed by atoms with Crippen LogP contribution >= 0.6 is 0 Å². The van der Waals surface area contributed by atoms with Gasteiger partial charge in [0.15, 0.2) is 0 Å². The summed E-state index contributed by atoms with van der Waals surface area (Å²) < 4.78 is 13.3. The van der Waals surface area contributed by atoms with E-state index >= 15 is 0 Å². The van der Waals surface area contributed by atoms with Gasteiger partial charge in [-0.3, -0.25) is 4.79 Å². The molecule has 100 valence electrons. The Hall–Kier alpha value is -1.38. The van der Waals surface area contributed by atoms with Crippen LogP contribution in [0, 0.1) is 11.7 Å². The van der Waals surface area contributed by atoms with Crippen molar-refractivity contribution >= 4 is 5.91 Å². The molecular formula is C15H22FNO. The standard InChI is InChI=1S/C15H22FNO/c1-12(2)10-11-17-15(18)9-5-7-13-6-3-4-8-14(13)16/h3-4,6,8,12H,5,7,9-11H2,1-2H3,(H,17,18). The van der Waals surface area contributed by atoms with Crippen molar-refractivity contribution < 1.29 is 9.18 Å². The average molecular weight is 251 g/mol. The van der Waals surface area contributed by atoms with Crippen LogP contribution in [0.3, 0.4) is 0 Å². The Bertz CT molecular complexity index is 377. The topological polar surface area (TPSA) is 29.1 Å². The molecule has 0 aliphatic heterocycles. The summed E-state index contributed by atoms with van der Waals surface area (Å²) in [4.78, 5) is 11.5. The number of aryl methyl sites for hydroxylation is 1. The Morgan fingerprint density at radius 2 is 2.06 bits per heavy atom. The molecule has 1 N–H and O–H groups in total. The largest absolute Gasteiger partial charge is 0.356 e. The second-order valence-corrected chi connectivity index (χ2v) is 4.98. The van der Waals surface area contributed by atoms with Gasteiger partial charge in [0.1, 0.15) is 5.82 Å². The van der Waals surface area contributed by atoms with E-state index in [4.69, 9.17) is 0 Å². The molecule has 1 rings (SSSR count). The summed E-state index contributed by atoms with van der Waals surface area (Å²) in [5, 5.41) is 2.88. The summed E-state index contributed by atoms with van der Waals surface area (Å²) in [5.74, 6) is 0.480. The van der Waals surface area contributed by atoms with Crippen LogP contribution in [0.2, 0.25) is 0 Å². The Morgan fingerprint density at radius 3 is 2.72 bits per heavy atom. The van der Waals surface area contributed by atoms with Gasteiger partial charge in [-0.1, -0.05) is 32.0 Å². The molecule has 0 saturated heterocycles. The fourth-order valence-corrected chi connectivity index (χ4v) is 1.73. The van der Waals surface area contributed by atoms with Crippen LogP contribution in [0.1, 0.15) is 38.7 Å². The predicted molar refractivity (Wildman–Crippen MR) is 71.8 cm³/mol. The maximum Gasteiger partial charge on any atom is 0.220 e. The molecule has 0 bridgehead atoms. The summed E-state index contributed by atoms with van der Waals surface area (Å²) in [6.07, 6.45) is 2.77. The number of carbonyl (C=O) groups is 1. The first kappa shape index (κ1) is 14.7. The van der Waals surface area contributed by atoms with Crippen LogP contribution in [0.4, 0.5) is 4.39 Å². The smallest absolute Gasteiger partial charge is 0.220 e. The van der Waals surface area contributed by atoms with Gasteiger partial charge in [-0.05, 0) is 36.8 Å². The van der Waals surface area contributed by atoms with Crippen molar-refractivity contribution in [2.75, 3.05) is 6.54 Å². The average Bonchev–Trinajstić information content (AvgIpc) is 2.31. The van der Waals surface area contributed by atoms with E-state index in [2.05, 4.69) is 19.2 Å². The highest BCUT2D eigenvalue weighted by Gasteiger charge is 2.04. The van der Waals surface area contributed by atoms with E-state index in [1.54, 1.807) is 12.1 Å². The number of halogens is 1. The minimum atomic E-state index is -0.183. The number of carbonyl (C=O) groups excluding carboxylic acids is 1. The lowest BCUT2D eigenvalue weighted by molar-refractivity contribution is -0.121. The molecule has 0 aliphatic carbocycles. The fourth-order valence-electron chi connectivity index (χ4n) is 1.73. The molecule has 2 nitrogen and oxygen atoms in total. The van der Waals surface area contributed by atoms with Crippen molar-refractivity contribution in [1.82, 2.24) is 5.32 Å². The zero-order chi connectivity index (χ0) is 13.4. The van der Waals surface area contributed by atoms with Crippen LogP contribution < -0.4 is 5.32 Å². The highest BCUT2D eigenvalue weighted by atomic mass is 19.1. The number of nitrogens with one attached hydrogen (secondary N) is 1. The monoisotopic (exact) mass is 251 g/mol. The molecule has 0 unspecified atom stereocenters. The highest BCUT2D eigenvalue weighted by Crippen LogP contribution is 2.09. The number of amides is 1. The summed E-state index contributed by atoms with van der Waals surface area (Å²) in [7, 11) is 0. The molecule has 18 heavy (non-hydrogen) atoms. The molecule has 0 saturated carbocycles. The molecule has 1 aromatic carbocycles. The molecule has 1 amide bonds. The zero-order valence-electron chi connectivity index (χ0n) is 11.2. The molecule has 0 radical (unpaired) electrons. The van der Waals surface area contributed by atoms with Crippen molar-refractivity contribution in [2.45, 2.75) is 39.5 Å². The van der Waals surface area contributed by atoms with Gasteiger partial charge in [0.2, 0.25) is 5.91 Å². The normalized spacial score (nSPS) is 10.7. The third-order valence-corrected chi connectivity index (χ3v) is 2.85. The first-order valence-corrected chi connectivity index (χ1v) is 6.59. The summed E-state index contributed by atoms with van der Waals surface area (Å²) in [5.41, 5.74) is 0.687. The number of hydrogen-bond donors (Lipinski definition) is 1. The van der Waals surface area contributed by atoms with E-state index in [9.17, 15) is 9.18 Å². The predicted octanol–water partition coefficient (Wildman–Crippen LogP) is 3.31. The number of benzene rings is 1. The minimum Gasteiger partial charge on any atom is -0.356 e. The first-order valence-electron chi connectivity index (χ1n) is 6.59. The fraction of sp³-hybridized carbons (Fsp3) is 0.533. The molecule has 0 aromatic heterocycles. The van der Waals surface area contributed by atoms with Crippen molar-refractivity contribution in [3.05, 3.63) is 35.6 Å². The Labute approximate surface area is 109 Å². The molecule has 0 fully saturated rings. The Morgan fingerprint density at radius 1 is 1.33 bits per heavy atom. The second-order valence-electron chi connectivity index (χ2n) is 4.98. The van der Waals surface area contributed by atoms with E-state index in [0.717, 1.165) is 13.0 Å². The van der Waals surface area contributed by atoms with Gasteiger partial charge >= 0.3 is 0 Å². The third kappa shape index (κ3) is 5.80. The van der Waals surface area contributed by atoms with Crippen molar-refractivity contribution in [2.24, 2.45) is 5.92 Å². The maximum absolute atomic E-state index is 13.3. The highest BCUT2D eigenvalue weighted by molar-refractivity contribution is 5.75. The lowest BCUT2D eigenvalue weighted by Crippen LogP contribution is -2.25. The molecule has 1 aromatic rings. The lowest BCUT2D eigenvalue weighted by Gasteiger charge is -2.07. The molecule has 0 heterocycles. The zero-order valence-corrected chi connectivity index (χ0v) is 11.2. The van der Waals surface area contributed by atoms with Gasteiger partial charge in [0.05, 0.1) is 0 Å². The van der Waals surface area contributed by atoms with Crippen molar-refractivity contribution in [1.29, 1.82) is 0 Å². The molecular weight excluding hydrogens is 229 g/mol. The quantitative estimate of drug-likeness (QED) is 0.791. The van der Waals surface area contributed by atoms with E-state index < -0.39 is 0 Å². The van der Waals surface area contributed by atoms with Crippen molar-refractivity contribution in [3.63, 3.8) is 0 Å². The molecule has 0 atom stereocenters. The number of rotatable bonds is 7. The second kappa shape index (κ2) is 7.85. The van der Waals surface area contributed by atoms with E-state index in [-0.39, 0.29) is 11.7 Å². The van der Waals surface area contributed by atoms with Gasteiger partial charge in [-0.25, -0.2) is 4.39 Å². The summed E-state index contributed by atoms with van der Waals surface area (Å²) >= 11 is 0. The molecule has 0 aliphatic rings. The Kier molecular flexibility index (Phi) is 6.40. The van der Waals surface area contributed by atoms with E-state index in [1.807, 2.05) is 6.07 Å². The SMILES string of the molecule is CC(C)CCNC(=O)CCCc1ccccc1F. The van der Waals surface area contributed by atoms with E-state index in [1.165, 1.54) is 6.07 Å². The van der Waals surface area contributed by atoms with Crippen LogP contribution in [0.25, 0.3) is 0 Å². The summed E-state index contributed by atoms with van der Waals surface area (Å²) in [6, 6.07) is 6.72. The van der Waals surface area contributed by atoms with Crippen LogP contribution in [0.5, 0.6) is 0 Å². The minimum absolute atomic E-state index is 0.0620. The van der Waals surface area contributed by atoms with Gasteiger partial charge < -0.3 is 5.32 Å². The van der Waals surface area contributed by atoms with Gasteiger partial charge in [-0.2, -0.15) is 0 Å². The molecule has 3 heteroatoms. The lowest BCUT2D eigenvalue weighted by atomic mass is 10.1. The Balaban J connectivity index is 2.18. The summed E-state index contributed by atoms with van der Waals surface area (Å²) in [6.45, 7) is 4.99. The first-order chi connectivity index (χ1) is 8.59. The molecule has 0 spiro atoms. The van der Waals surface area contributed by atoms with Crippen LogP contribution in [-0.2, 0) is 11.2 Å². The van der Waals surface area contributed by atoms with Gasteiger partial charge in [0, 0.05) is 13.0 Å². The van der Waals surface area contributed by atoms with Crippen molar-refractivity contribution in [3.8, 4) is 0 Å². The third-order valence-electron chi connectivity index (χ3n) is 2.85. The maximum atomic E-state index is 13.3.